The minimum atomic E-state index is -0.358. The SMILES string of the molecule is Cc1ccccc1C(=O)C(N)CCC(C)C. The van der Waals surface area contributed by atoms with Crippen LogP contribution in [0.25, 0.3) is 0 Å². The summed E-state index contributed by atoms with van der Waals surface area (Å²) in [5.41, 5.74) is 7.69. The molecule has 0 saturated carbocycles. The Hall–Kier alpha value is -1.15. The van der Waals surface area contributed by atoms with E-state index in [4.69, 9.17) is 5.73 Å². The Morgan fingerprint density at radius 2 is 1.88 bits per heavy atom. The van der Waals surface area contributed by atoms with Crippen molar-refractivity contribution in [3.8, 4) is 0 Å². The lowest BCUT2D eigenvalue weighted by Gasteiger charge is -2.13. The van der Waals surface area contributed by atoms with E-state index in [0.29, 0.717) is 5.92 Å². The zero-order valence-electron chi connectivity index (χ0n) is 10.4. The standard InChI is InChI=1S/C14H21NO/c1-10(2)8-9-13(15)14(16)12-7-5-4-6-11(12)3/h4-7,10,13H,8-9,15H2,1-3H3. The van der Waals surface area contributed by atoms with Gasteiger partial charge in [-0.3, -0.25) is 4.79 Å². The molecule has 0 aliphatic carbocycles. The summed E-state index contributed by atoms with van der Waals surface area (Å²) >= 11 is 0. The number of ketones is 1. The third-order valence-corrected chi connectivity index (χ3v) is 2.80. The third kappa shape index (κ3) is 3.46. The van der Waals surface area contributed by atoms with Crippen LogP contribution in [0.5, 0.6) is 0 Å². The maximum absolute atomic E-state index is 12.1. The molecule has 1 aromatic rings. The third-order valence-electron chi connectivity index (χ3n) is 2.80. The van der Waals surface area contributed by atoms with E-state index in [1.807, 2.05) is 31.2 Å². The van der Waals surface area contributed by atoms with E-state index in [-0.39, 0.29) is 11.8 Å². The summed E-state index contributed by atoms with van der Waals surface area (Å²) in [6.45, 7) is 6.23. The van der Waals surface area contributed by atoms with Gasteiger partial charge < -0.3 is 5.73 Å². The predicted molar refractivity (Wildman–Crippen MR) is 67.6 cm³/mol. The summed E-state index contributed by atoms with van der Waals surface area (Å²) in [7, 11) is 0. The van der Waals surface area contributed by atoms with Crippen LogP contribution >= 0.6 is 0 Å². The van der Waals surface area contributed by atoms with Crippen molar-refractivity contribution < 1.29 is 4.79 Å². The van der Waals surface area contributed by atoms with Crippen molar-refractivity contribution in [3.63, 3.8) is 0 Å². The average molecular weight is 219 g/mol. The van der Waals surface area contributed by atoms with Crippen molar-refractivity contribution in [2.75, 3.05) is 0 Å². The first-order valence-electron chi connectivity index (χ1n) is 5.87. The van der Waals surface area contributed by atoms with Gasteiger partial charge in [0.2, 0.25) is 0 Å². The van der Waals surface area contributed by atoms with Gasteiger partial charge in [-0.25, -0.2) is 0 Å². The molecule has 0 radical (unpaired) electrons. The number of carbonyl (C=O) groups is 1. The average Bonchev–Trinajstić information content (AvgIpc) is 2.25. The van der Waals surface area contributed by atoms with Crippen molar-refractivity contribution >= 4 is 5.78 Å². The van der Waals surface area contributed by atoms with Gasteiger partial charge in [-0.15, -0.1) is 0 Å². The highest BCUT2D eigenvalue weighted by atomic mass is 16.1. The first kappa shape index (κ1) is 12.9. The second-order valence-electron chi connectivity index (χ2n) is 4.76. The van der Waals surface area contributed by atoms with Gasteiger partial charge in [0.25, 0.3) is 0 Å². The molecule has 0 spiro atoms. The first-order valence-corrected chi connectivity index (χ1v) is 5.87. The summed E-state index contributed by atoms with van der Waals surface area (Å²) in [6.07, 6.45) is 1.77. The fourth-order valence-corrected chi connectivity index (χ4v) is 1.69. The molecule has 16 heavy (non-hydrogen) atoms. The van der Waals surface area contributed by atoms with Crippen LogP contribution in [-0.2, 0) is 0 Å². The van der Waals surface area contributed by atoms with Gasteiger partial charge in [0.15, 0.2) is 5.78 Å². The van der Waals surface area contributed by atoms with Crippen LogP contribution in [0.3, 0.4) is 0 Å². The quantitative estimate of drug-likeness (QED) is 0.774. The highest BCUT2D eigenvalue weighted by molar-refractivity contribution is 6.01. The fourth-order valence-electron chi connectivity index (χ4n) is 1.69. The van der Waals surface area contributed by atoms with E-state index >= 15 is 0 Å². The molecule has 0 heterocycles. The van der Waals surface area contributed by atoms with Crippen LogP contribution in [0.4, 0.5) is 0 Å². The van der Waals surface area contributed by atoms with E-state index < -0.39 is 0 Å². The minimum Gasteiger partial charge on any atom is -0.321 e. The lowest BCUT2D eigenvalue weighted by atomic mass is 9.95. The smallest absolute Gasteiger partial charge is 0.179 e. The Bertz CT molecular complexity index is 358. The topological polar surface area (TPSA) is 43.1 Å². The molecular weight excluding hydrogens is 198 g/mol. The van der Waals surface area contributed by atoms with Crippen LogP contribution in [0, 0.1) is 12.8 Å². The van der Waals surface area contributed by atoms with Crippen molar-refractivity contribution in [2.24, 2.45) is 11.7 Å². The fraction of sp³-hybridized carbons (Fsp3) is 0.500. The van der Waals surface area contributed by atoms with Gasteiger partial charge in [-0.2, -0.15) is 0 Å². The van der Waals surface area contributed by atoms with Gasteiger partial charge in [-0.05, 0) is 31.2 Å². The molecule has 2 heteroatoms. The lowest BCUT2D eigenvalue weighted by Crippen LogP contribution is -2.31. The Labute approximate surface area is 97.9 Å². The highest BCUT2D eigenvalue weighted by Gasteiger charge is 2.17. The molecule has 88 valence electrons. The molecule has 1 atom stereocenters. The van der Waals surface area contributed by atoms with Crippen molar-refractivity contribution in [1.29, 1.82) is 0 Å². The molecule has 2 nitrogen and oxygen atoms in total. The Balaban J connectivity index is 2.67. The van der Waals surface area contributed by atoms with E-state index in [9.17, 15) is 4.79 Å². The predicted octanol–water partition coefficient (Wildman–Crippen LogP) is 2.94. The summed E-state index contributed by atoms with van der Waals surface area (Å²) in [6, 6.07) is 7.26. The molecular formula is C14H21NO. The normalized spacial score (nSPS) is 12.8. The number of aryl methyl sites for hydroxylation is 1. The maximum atomic E-state index is 12.1. The maximum Gasteiger partial charge on any atom is 0.179 e. The van der Waals surface area contributed by atoms with Crippen LogP contribution in [0.2, 0.25) is 0 Å². The molecule has 0 aromatic heterocycles. The largest absolute Gasteiger partial charge is 0.321 e. The van der Waals surface area contributed by atoms with E-state index in [1.165, 1.54) is 0 Å². The Kier molecular flexibility index (Phi) is 4.69. The summed E-state index contributed by atoms with van der Waals surface area (Å²) in [5.74, 6) is 0.662. The molecule has 0 aliphatic rings. The number of nitrogens with two attached hydrogens (primary N) is 1. The minimum absolute atomic E-state index is 0.0683. The zero-order valence-corrected chi connectivity index (χ0v) is 10.4. The Morgan fingerprint density at radius 1 is 1.25 bits per heavy atom. The summed E-state index contributed by atoms with van der Waals surface area (Å²) in [4.78, 5) is 12.1. The zero-order chi connectivity index (χ0) is 12.1. The number of benzene rings is 1. The van der Waals surface area contributed by atoms with E-state index in [0.717, 1.165) is 24.0 Å². The Morgan fingerprint density at radius 3 is 2.44 bits per heavy atom. The molecule has 1 rings (SSSR count). The number of hydrogen-bond donors (Lipinski definition) is 1. The van der Waals surface area contributed by atoms with Gasteiger partial charge in [0.05, 0.1) is 6.04 Å². The van der Waals surface area contributed by atoms with Gasteiger partial charge in [0.1, 0.15) is 0 Å². The van der Waals surface area contributed by atoms with Gasteiger partial charge in [0, 0.05) is 5.56 Å². The van der Waals surface area contributed by atoms with Crippen molar-refractivity contribution in [3.05, 3.63) is 35.4 Å². The number of carbonyl (C=O) groups excluding carboxylic acids is 1. The van der Waals surface area contributed by atoms with E-state index in [2.05, 4.69) is 13.8 Å². The molecule has 0 aliphatic heterocycles. The molecule has 0 amide bonds. The van der Waals surface area contributed by atoms with Crippen molar-refractivity contribution in [1.82, 2.24) is 0 Å². The monoisotopic (exact) mass is 219 g/mol. The van der Waals surface area contributed by atoms with Crippen LogP contribution in [0.1, 0.15) is 42.6 Å². The number of hydrogen-bond acceptors (Lipinski definition) is 2. The van der Waals surface area contributed by atoms with E-state index in [1.54, 1.807) is 0 Å². The second-order valence-corrected chi connectivity index (χ2v) is 4.76. The molecule has 2 N–H and O–H groups in total. The lowest BCUT2D eigenvalue weighted by molar-refractivity contribution is 0.0954. The highest BCUT2D eigenvalue weighted by Crippen LogP contribution is 2.13. The number of Topliss-reactive ketones (excluding diaryl/α,β-unsaturated/α-hetero) is 1. The molecule has 1 unspecified atom stereocenters. The molecule has 0 saturated heterocycles. The van der Waals surface area contributed by atoms with Crippen LogP contribution in [0.15, 0.2) is 24.3 Å². The number of rotatable bonds is 5. The summed E-state index contributed by atoms with van der Waals surface area (Å²) in [5, 5.41) is 0. The summed E-state index contributed by atoms with van der Waals surface area (Å²) < 4.78 is 0. The first-order chi connectivity index (χ1) is 7.52. The van der Waals surface area contributed by atoms with Gasteiger partial charge in [-0.1, -0.05) is 38.1 Å². The molecule has 1 aromatic carbocycles. The second kappa shape index (κ2) is 5.80. The van der Waals surface area contributed by atoms with Gasteiger partial charge >= 0.3 is 0 Å². The van der Waals surface area contributed by atoms with Crippen molar-refractivity contribution in [2.45, 2.75) is 39.7 Å². The molecule has 0 fully saturated rings. The van der Waals surface area contributed by atoms with Crippen LogP contribution in [-0.4, -0.2) is 11.8 Å². The van der Waals surface area contributed by atoms with Crippen LogP contribution < -0.4 is 5.73 Å². The molecule has 0 bridgehead atoms.